The molecule has 0 radical (unpaired) electrons. The molecule has 4 fully saturated rings. The van der Waals surface area contributed by atoms with Gasteiger partial charge in [-0.25, -0.2) is 0 Å². The second-order valence-electron chi connectivity index (χ2n) is 9.85. The van der Waals surface area contributed by atoms with Crippen LogP contribution in [0.3, 0.4) is 0 Å². The molecule has 1 aromatic rings. The van der Waals surface area contributed by atoms with E-state index < -0.39 is 0 Å². The molecule has 0 saturated heterocycles. The van der Waals surface area contributed by atoms with Gasteiger partial charge in [0.1, 0.15) is 0 Å². The minimum Gasteiger partial charge on any atom is -0.493 e. The van der Waals surface area contributed by atoms with Crippen molar-refractivity contribution in [2.24, 2.45) is 23.2 Å². The Morgan fingerprint density at radius 1 is 0.935 bits per heavy atom. The highest BCUT2D eigenvalue weighted by molar-refractivity contribution is 5.83. The molecular weight excluding hydrogens is 392 g/mol. The van der Waals surface area contributed by atoms with Crippen molar-refractivity contribution in [3.63, 3.8) is 0 Å². The Bertz CT molecular complexity index is 771. The van der Waals surface area contributed by atoms with Crippen LogP contribution < -0.4 is 20.1 Å². The van der Waals surface area contributed by atoms with Gasteiger partial charge in [0.05, 0.1) is 14.2 Å². The first kappa shape index (κ1) is 22.0. The highest BCUT2D eigenvalue weighted by atomic mass is 16.5. The Balaban J connectivity index is 1.13. The lowest BCUT2D eigenvalue weighted by atomic mass is 9.49. The van der Waals surface area contributed by atoms with Crippen LogP contribution in [0.2, 0.25) is 0 Å². The standard InChI is InChI=1S/C25H36N2O4/c1-30-21-6-5-17(13-22(21)31-2)7-9-26-23(28)4-3-8-27-24(29)25-14-18-10-19(15-25)12-20(11-18)16-25/h5-6,13,18-20H,3-4,7-12,14-16H2,1-2H3,(H,26,28)(H,27,29). The molecule has 5 rings (SSSR count). The molecule has 1 aromatic carbocycles. The molecule has 0 aliphatic heterocycles. The average molecular weight is 429 g/mol. The van der Waals surface area contributed by atoms with E-state index in [0.717, 1.165) is 49.0 Å². The molecule has 2 amide bonds. The van der Waals surface area contributed by atoms with Gasteiger partial charge in [0, 0.05) is 24.9 Å². The Morgan fingerprint density at radius 2 is 1.58 bits per heavy atom. The molecule has 4 aliphatic carbocycles. The summed E-state index contributed by atoms with van der Waals surface area (Å²) in [5, 5.41) is 6.13. The molecule has 6 nitrogen and oxygen atoms in total. The number of ether oxygens (including phenoxy) is 2. The zero-order valence-electron chi connectivity index (χ0n) is 18.9. The molecule has 4 saturated carbocycles. The van der Waals surface area contributed by atoms with Crippen molar-refractivity contribution in [2.75, 3.05) is 27.3 Å². The molecular formula is C25H36N2O4. The van der Waals surface area contributed by atoms with E-state index in [9.17, 15) is 9.59 Å². The first-order valence-corrected chi connectivity index (χ1v) is 11.8. The Labute approximate surface area is 185 Å². The SMILES string of the molecule is COc1ccc(CCNC(=O)CCCNC(=O)C23CC4CC(CC(C4)C2)C3)cc1OC. The third-order valence-corrected chi connectivity index (χ3v) is 7.57. The van der Waals surface area contributed by atoms with Crippen molar-refractivity contribution < 1.29 is 19.1 Å². The Hall–Kier alpha value is -2.24. The van der Waals surface area contributed by atoms with Crippen LogP contribution >= 0.6 is 0 Å². The second kappa shape index (κ2) is 9.49. The van der Waals surface area contributed by atoms with Gasteiger partial charge in [-0.3, -0.25) is 9.59 Å². The summed E-state index contributed by atoms with van der Waals surface area (Å²) in [5.74, 6) is 3.99. The fourth-order valence-electron chi connectivity index (χ4n) is 6.50. The second-order valence-corrected chi connectivity index (χ2v) is 9.85. The summed E-state index contributed by atoms with van der Waals surface area (Å²) in [6.07, 6.45) is 9.13. The fourth-order valence-corrected chi connectivity index (χ4v) is 6.50. The number of hydrogen-bond donors (Lipinski definition) is 2. The summed E-state index contributed by atoms with van der Waals surface area (Å²) in [5.41, 5.74) is 0.983. The van der Waals surface area contributed by atoms with Crippen LogP contribution in [0, 0.1) is 23.2 Å². The quantitative estimate of drug-likeness (QED) is 0.560. The summed E-state index contributed by atoms with van der Waals surface area (Å²) >= 11 is 0. The predicted octanol–water partition coefficient (Wildman–Crippen LogP) is 3.48. The van der Waals surface area contributed by atoms with Gasteiger partial charge in [-0.1, -0.05) is 6.07 Å². The van der Waals surface area contributed by atoms with Crippen molar-refractivity contribution in [3.05, 3.63) is 23.8 Å². The van der Waals surface area contributed by atoms with E-state index in [1.807, 2.05) is 18.2 Å². The summed E-state index contributed by atoms with van der Waals surface area (Å²) in [6.45, 7) is 1.16. The Kier molecular flexibility index (Phi) is 6.73. The van der Waals surface area contributed by atoms with Crippen molar-refractivity contribution in [1.29, 1.82) is 0 Å². The van der Waals surface area contributed by atoms with E-state index in [-0.39, 0.29) is 17.2 Å². The number of nitrogens with one attached hydrogen (secondary N) is 2. The van der Waals surface area contributed by atoms with Crippen LogP contribution in [0.1, 0.15) is 56.9 Å². The predicted molar refractivity (Wildman–Crippen MR) is 119 cm³/mol. The molecule has 0 unspecified atom stereocenters. The fraction of sp³-hybridized carbons (Fsp3) is 0.680. The number of carbonyl (C=O) groups excluding carboxylic acids is 2. The van der Waals surface area contributed by atoms with Gasteiger partial charge in [-0.05, 0) is 86.8 Å². The van der Waals surface area contributed by atoms with E-state index in [1.54, 1.807) is 14.2 Å². The lowest BCUT2D eigenvalue weighted by molar-refractivity contribution is -0.146. The van der Waals surface area contributed by atoms with Gasteiger partial charge >= 0.3 is 0 Å². The van der Waals surface area contributed by atoms with Gasteiger partial charge in [0.25, 0.3) is 0 Å². The Morgan fingerprint density at radius 3 is 2.19 bits per heavy atom. The normalized spacial score (nSPS) is 28.3. The molecule has 170 valence electrons. The molecule has 4 aliphatic rings. The maximum Gasteiger partial charge on any atom is 0.226 e. The molecule has 2 N–H and O–H groups in total. The van der Waals surface area contributed by atoms with Crippen molar-refractivity contribution in [3.8, 4) is 11.5 Å². The van der Waals surface area contributed by atoms with E-state index >= 15 is 0 Å². The van der Waals surface area contributed by atoms with Gasteiger partial charge in [0.2, 0.25) is 11.8 Å². The summed E-state index contributed by atoms with van der Waals surface area (Å²) < 4.78 is 10.6. The van der Waals surface area contributed by atoms with Crippen LogP contribution in [-0.2, 0) is 16.0 Å². The van der Waals surface area contributed by atoms with Crippen molar-refractivity contribution in [2.45, 2.75) is 57.8 Å². The summed E-state index contributed by atoms with van der Waals surface area (Å²) in [7, 11) is 3.23. The van der Waals surface area contributed by atoms with Crippen LogP contribution in [0.25, 0.3) is 0 Å². The maximum absolute atomic E-state index is 12.9. The third-order valence-electron chi connectivity index (χ3n) is 7.57. The summed E-state index contributed by atoms with van der Waals surface area (Å²) in [4.78, 5) is 25.1. The summed E-state index contributed by atoms with van der Waals surface area (Å²) in [6, 6.07) is 5.79. The molecule has 0 heterocycles. The highest BCUT2D eigenvalue weighted by Crippen LogP contribution is 2.60. The minimum atomic E-state index is -0.101. The molecule has 0 spiro atoms. The first-order valence-electron chi connectivity index (χ1n) is 11.8. The third kappa shape index (κ3) is 4.99. The van der Waals surface area contributed by atoms with Crippen LogP contribution in [0.5, 0.6) is 11.5 Å². The van der Waals surface area contributed by atoms with E-state index in [1.165, 1.54) is 19.3 Å². The van der Waals surface area contributed by atoms with E-state index in [2.05, 4.69) is 10.6 Å². The van der Waals surface area contributed by atoms with Gasteiger partial charge in [-0.15, -0.1) is 0 Å². The van der Waals surface area contributed by atoms with Crippen molar-refractivity contribution in [1.82, 2.24) is 10.6 Å². The van der Waals surface area contributed by atoms with Crippen LogP contribution in [0.4, 0.5) is 0 Å². The molecule has 31 heavy (non-hydrogen) atoms. The molecule has 0 atom stereocenters. The van der Waals surface area contributed by atoms with E-state index in [4.69, 9.17) is 9.47 Å². The number of hydrogen-bond acceptors (Lipinski definition) is 4. The zero-order chi connectivity index (χ0) is 21.8. The number of carbonyl (C=O) groups is 2. The number of rotatable bonds is 10. The van der Waals surface area contributed by atoms with Crippen molar-refractivity contribution >= 4 is 11.8 Å². The van der Waals surface area contributed by atoms with Crippen LogP contribution in [-0.4, -0.2) is 39.1 Å². The van der Waals surface area contributed by atoms with Crippen LogP contribution in [0.15, 0.2) is 18.2 Å². The zero-order valence-corrected chi connectivity index (χ0v) is 18.9. The monoisotopic (exact) mass is 428 g/mol. The number of benzene rings is 1. The molecule has 4 bridgehead atoms. The smallest absolute Gasteiger partial charge is 0.226 e. The number of amides is 2. The lowest BCUT2D eigenvalue weighted by Crippen LogP contribution is -2.53. The average Bonchev–Trinajstić information content (AvgIpc) is 2.75. The topological polar surface area (TPSA) is 76.7 Å². The minimum absolute atomic E-state index is 0.0320. The first-order chi connectivity index (χ1) is 15.0. The van der Waals surface area contributed by atoms with Gasteiger partial charge in [0.15, 0.2) is 11.5 Å². The largest absolute Gasteiger partial charge is 0.493 e. The van der Waals surface area contributed by atoms with Gasteiger partial charge < -0.3 is 20.1 Å². The van der Waals surface area contributed by atoms with E-state index in [0.29, 0.717) is 37.4 Å². The van der Waals surface area contributed by atoms with Gasteiger partial charge in [-0.2, -0.15) is 0 Å². The molecule has 0 aromatic heterocycles. The number of methoxy groups -OCH3 is 2. The maximum atomic E-state index is 12.9. The lowest BCUT2D eigenvalue weighted by Gasteiger charge is -2.55. The molecule has 6 heteroatoms. The highest BCUT2D eigenvalue weighted by Gasteiger charge is 2.54.